The minimum atomic E-state index is -0.507. The number of carbonyl (C=O) groups is 1. The van der Waals surface area contributed by atoms with E-state index in [1.165, 1.54) is 6.07 Å². The van der Waals surface area contributed by atoms with Crippen molar-refractivity contribution in [1.29, 1.82) is 0 Å². The molecule has 0 amide bonds. The Kier molecular flexibility index (Phi) is 3.24. The van der Waals surface area contributed by atoms with Crippen LogP contribution < -0.4 is 0 Å². The summed E-state index contributed by atoms with van der Waals surface area (Å²) in [4.78, 5) is 16.4. The second-order valence-corrected chi connectivity index (χ2v) is 4.49. The molecule has 2 nitrogen and oxygen atoms in total. The molecular weight excluding hydrogens is 229 g/mol. The van der Waals surface area contributed by atoms with Gasteiger partial charge in [0.1, 0.15) is 11.5 Å². The maximum Gasteiger partial charge on any atom is 0.214 e. The smallest absolute Gasteiger partial charge is 0.214 e. The molecule has 0 saturated heterocycles. The Labute approximate surface area is 105 Å². The third-order valence-electron chi connectivity index (χ3n) is 2.80. The molecule has 0 N–H and O–H groups in total. The Hall–Kier alpha value is -2.03. The predicted molar refractivity (Wildman–Crippen MR) is 68.3 cm³/mol. The number of rotatable bonds is 2. The Morgan fingerprint density at radius 2 is 1.83 bits per heavy atom. The maximum atomic E-state index is 13.7. The van der Waals surface area contributed by atoms with Gasteiger partial charge >= 0.3 is 0 Å². The molecule has 0 aliphatic rings. The summed E-state index contributed by atoms with van der Waals surface area (Å²) in [5.41, 5.74) is 2.98. The molecule has 0 radical (unpaired) electrons. The van der Waals surface area contributed by atoms with Crippen molar-refractivity contribution in [2.45, 2.75) is 20.8 Å². The first-order chi connectivity index (χ1) is 8.49. The van der Waals surface area contributed by atoms with E-state index in [2.05, 4.69) is 4.98 Å². The lowest BCUT2D eigenvalue weighted by Crippen LogP contribution is -2.09. The van der Waals surface area contributed by atoms with Crippen molar-refractivity contribution in [3.63, 3.8) is 0 Å². The van der Waals surface area contributed by atoms with Crippen molar-refractivity contribution < 1.29 is 9.18 Å². The van der Waals surface area contributed by atoms with Crippen LogP contribution in [0.1, 0.15) is 32.7 Å². The molecule has 0 atom stereocenters. The van der Waals surface area contributed by atoms with Gasteiger partial charge in [0, 0.05) is 6.20 Å². The van der Waals surface area contributed by atoms with E-state index < -0.39 is 5.82 Å². The summed E-state index contributed by atoms with van der Waals surface area (Å²) < 4.78 is 13.7. The highest BCUT2D eigenvalue weighted by Crippen LogP contribution is 2.17. The number of ketones is 1. The van der Waals surface area contributed by atoms with Crippen LogP contribution in [0.4, 0.5) is 4.39 Å². The topological polar surface area (TPSA) is 30.0 Å². The van der Waals surface area contributed by atoms with Gasteiger partial charge in [-0.1, -0.05) is 17.7 Å². The van der Waals surface area contributed by atoms with Gasteiger partial charge in [-0.25, -0.2) is 4.39 Å². The molecule has 3 heteroatoms. The molecule has 0 aliphatic heterocycles. The van der Waals surface area contributed by atoms with Gasteiger partial charge in [-0.15, -0.1) is 0 Å². The van der Waals surface area contributed by atoms with Crippen LogP contribution in [-0.2, 0) is 0 Å². The van der Waals surface area contributed by atoms with E-state index in [0.717, 1.165) is 16.7 Å². The van der Waals surface area contributed by atoms with Gasteiger partial charge in [0.2, 0.25) is 5.78 Å². The maximum absolute atomic E-state index is 13.7. The molecule has 2 aromatic rings. The Balaban J connectivity index is 2.51. The molecule has 1 aromatic carbocycles. The second kappa shape index (κ2) is 4.69. The fraction of sp³-hybridized carbons (Fsp3) is 0.200. The Morgan fingerprint density at radius 3 is 2.50 bits per heavy atom. The molecule has 18 heavy (non-hydrogen) atoms. The zero-order chi connectivity index (χ0) is 13.3. The zero-order valence-electron chi connectivity index (χ0n) is 10.6. The van der Waals surface area contributed by atoms with Crippen LogP contribution in [0.5, 0.6) is 0 Å². The highest BCUT2D eigenvalue weighted by molar-refractivity contribution is 6.08. The Bertz CT molecular complexity index is 620. The van der Waals surface area contributed by atoms with Crippen LogP contribution in [0.15, 0.2) is 30.5 Å². The third-order valence-corrected chi connectivity index (χ3v) is 2.80. The molecule has 0 bridgehead atoms. The lowest BCUT2D eigenvalue weighted by molar-refractivity contribution is 0.103. The molecular formula is C15H14FNO. The van der Waals surface area contributed by atoms with Crippen LogP contribution in [0.3, 0.4) is 0 Å². The normalized spacial score (nSPS) is 10.4. The summed E-state index contributed by atoms with van der Waals surface area (Å²) in [6.45, 7) is 5.54. The molecule has 0 fully saturated rings. The average Bonchev–Trinajstić information content (AvgIpc) is 2.31. The highest BCUT2D eigenvalue weighted by Gasteiger charge is 2.17. The molecule has 1 aromatic heterocycles. The Morgan fingerprint density at radius 1 is 1.11 bits per heavy atom. The summed E-state index contributed by atoms with van der Waals surface area (Å²) in [6.07, 6.45) is 1.62. The van der Waals surface area contributed by atoms with Crippen molar-refractivity contribution in [3.8, 4) is 0 Å². The van der Waals surface area contributed by atoms with E-state index in [-0.39, 0.29) is 11.3 Å². The fourth-order valence-corrected chi connectivity index (χ4v) is 1.89. The summed E-state index contributed by atoms with van der Waals surface area (Å²) in [7, 11) is 0. The number of nitrogens with zero attached hydrogens (tertiary/aromatic N) is 1. The zero-order valence-corrected chi connectivity index (χ0v) is 10.6. The van der Waals surface area contributed by atoms with E-state index >= 15 is 0 Å². The van der Waals surface area contributed by atoms with Crippen molar-refractivity contribution in [2.24, 2.45) is 0 Å². The lowest BCUT2D eigenvalue weighted by atomic mass is 10.0. The first-order valence-corrected chi connectivity index (χ1v) is 5.73. The summed E-state index contributed by atoms with van der Waals surface area (Å²) in [6, 6.07) is 6.38. The van der Waals surface area contributed by atoms with Crippen molar-refractivity contribution in [1.82, 2.24) is 4.98 Å². The number of hydrogen-bond acceptors (Lipinski definition) is 2. The summed E-state index contributed by atoms with van der Waals surface area (Å²) in [5, 5.41) is 0. The minimum Gasteiger partial charge on any atom is -0.287 e. The van der Waals surface area contributed by atoms with Crippen LogP contribution in [-0.4, -0.2) is 10.8 Å². The second-order valence-electron chi connectivity index (χ2n) is 4.49. The van der Waals surface area contributed by atoms with Crippen LogP contribution in [0.25, 0.3) is 0 Å². The van der Waals surface area contributed by atoms with Gasteiger partial charge in [0.05, 0.1) is 5.56 Å². The molecule has 2 rings (SSSR count). The lowest BCUT2D eigenvalue weighted by Gasteiger charge is -2.06. The summed E-state index contributed by atoms with van der Waals surface area (Å²) >= 11 is 0. The van der Waals surface area contributed by atoms with Crippen LogP contribution >= 0.6 is 0 Å². The predicted octanol–water partition coefficient (Wildman–Crippen LogP) is 3.38. The SMILES string of the molecule is Cc1cnc(C(=O)c2cc(C)ccc2F)c(C)c1. The minimum absolute atomic E-state index is 0.0782. The fourth-order valence-electron chi connectivity index (χ4n) is 1.89. The van der Waals surface area contributed by atoms with Gasteiger partial charge in [-0.3, -0.25) is 9.78 Å². The van der Waals surface area contributed by atoms with E-state index in [4.69, 9.17) is 0 Å². The number of halogens is 1. The van der Waals surface area contributed by atoms with Gasteiger partial charge in [0.25, 0.3) is 0 Å². The monoisotopic (exact) mass is 243 g/mol. The standard InChI is InChI=1S/C15H14FNO/c1-9-4-5-13(16)12(7-9)15(18)14-11(3)6-10(2)8-17-14/h4-8H,1-3H3. The number of aromatic nitrogens is 1. The number of benzene rings is 1. The molecule has 0 unspecified atom stereocenters. The number of carbonyl (C=O) groups excluding carboxylic acids is 1. The van der Waals surface area contributed by atoms with Gasteiger partial charge in [-0.05, 0) is 44.0 Å². The molecule has 0 aliphatic carbocycles. The van der Waals surface area contributed by atoms with Crippen molar-refractivity contribution >= 4 is 5.78 Å². The van der Waals surface area contributed by atoms with E-state index in [1.807, 2.05) is 19.9 Å². The van der Waals surface area contributed by atoms with Crippen LogP contribution in [0.2, 0.25) is 0 Å². The van der Waals surface area contributed by atoms with Crippen molar-refractivity contribution in [3.05, 3.63) is 64.2 Å². The van der Waals surface area contributed by atoms with Crippen molar-refractivity contribution in [2.75, 3.05) is 0 Å². The summed E-state index contributed by atoms with van der Waals surface area (Å²) in [5.74, 6) is -0.874. The molecule has 0 saturated carbocycles. The molecule has 1 heterocycles. The number of hydrogen-bond donors (Lipinski definition) is 0. The third kappa shape index (κ3) is 2.30. The van der Waals surface area contributed by atoms with Crippen LogP contribution in [0, 0.1) is 26.6 Å². The highest BCUT2D eigenvalue weighted by atomic mass is 19.1. The molecule has 0 spiro atoms. The van der Waals surface area contributed by atoms with Gasteiger partial charge < -0.3 is 0 Å². The average molecular weight is 243 g/mol. The largest absolute Gasteiger partial charge is 0.287 e. The molecule has 92 valence electrons. The van der Waals surface area contributed by atoms with Gasteiger partial charge in [-0.2, -0.15) is 0 Å². The number of aryl methyl sites for hydroxylation is 3. The van der Waals surface area contributed by atoms with Gasteiger partial charge in [0.15, 0.2) is 0 Å². The van der Waals surface area contributed by atoms with E-state index in [1.54, 1.807) is 25.3 Å². The quantitative estimate of drug-likeness (QED) is 0.757. The first-order valence-electron chi connectivity index (χ1n) is 5.73. The van der Waals surface area contributed by atoms with E-state index in [9.17, 15) is 9.18 Å². The number of pyridine rings is 1. The van der Waals surface area contributed by atoms with E-state index in [0.29, 0.717) is 5.69 Å². The first kappa shape index (κ1) is 12.4.